The molecule has 0 amide bonds. The predicted octanol–water partition coefficient (Wildman–Crippen LogP) is 2.17. The molecule has 0 bridgehead atoms. The first-order valence-corrected chi connectivity index (χ1v) is 8.20. The second-order valence-corrected chi connectivity index (χ2v) is 7.16. The lowest BCUT2D eigenvalue weighted by Crippen LogP contribution is -2.47. The fourth-order valence-electron chi connectivity index (χ4n) is 2.97. The van der Waals surface area contributed by atoms with E-state index in [0.29, 0.717) is 11.0 Å². The highest BCUT2D eigenvalue weighted by Gasteiger charge is 2.37. The van der Waals surface area contributed by atoms with Gasteiger partial charge in [-0.2, -0.15) is 4.31 Å². The van der Waals surface area contributed by atoms with Crippen molar-refractivity contribution in [1.82, 2.24) is 14.6 Å². The first kappa shape index (κ1) is 13.5. The van der Waals surface area contributed by atoms with Gasteiger partial charge in [-0.1, -0.05) is 12.5 Å². The zero-order valence-electron chi connectivity index (χ0n) is 11.5. The van der Waals surface area contributed by atoms with Crippen molar-refractivity contribution < 1.29 is 13.0 Å². The molecule has 6 nitrogen and oxygen atoms in total. The molecule has 1 aliphatic rings. The van der Waals surface area contributed by atoms with Gasteiger partial charge in [-0.15, -0.1) is 0 Å². The number of rotatable bonds is 2. The first-order valence-electron chi connectivity index (χ1n) is 6.76. The Kier molecular flexibility index (Phi) is 3.25. The van der Waals surface area contributed by atoms with Gasteiger partial charge in [0.1, 0.15) is 10.4 Å². The summed E-state index contributed by atoms with van der Waals surface area (Å²) >= 11 is 0. The van der Waals surface area contributed by atoms with Gasteiger partial charge in [-0.3, -0.25) is 0 Å². The molecule has 7 heteroatoms. The van der Waals surface area contributed by atoms with Crippen LogP contribution in [-0.2, 0) is 10.0 Å². The van der Waals surface area contributed by atoms with Crippen molar-refractivity contribution >= 4 is 21.1 Å². The molecule has 0 spiro atoms. The number of piperidine rings is 1. The molecule has 1 aromatic carbocycles. The van der Waals surface area contributed by atoms with Gasteiger partial charge >= 0.3 is 0 Å². The van der Waals surface area contributed by atoms with Crippen LogP contribution in [0.25, 0.3) is 11.0 Å². The summed E-state index contributed by atoms with van der Waals surface area (Å²) in [7, 11) is -3.59. The molecule has 1 fully saturated rings. The predicted molar refractivity (Wildman–Crippen MR) is 73.6 cm³/mol. The van der Waals surface area contributed by atoms with E-state index < -0.39 is 10.0 Å². The molecular weight excluding hydrogens is 278 g/mol. The highest BCUT2D eigenvalue weighted by Crippen LogP contribution is 2.31. The number of hydrogen-bond donors (Lipinski definition) is 0. The zero-order valence-corrected chi connectivity index (χ0v) is 12.3. The minimum Gasteiger partial charge on any atom is -0.243 e. The Labute approximate surface area is 117 Å². The fraction of sp³-hybridized carbons (Fsp3) is 0.538. The van der Waals surface area contributed by atoms with Crippen molar-refractivity contribution in [3.8, 4) is 0 Å². The van der Waals surface area contributed by atoms with Crippen molar-refractivity contribution in [2.45, 2.75) is 50.1 Å². The van der Waals surface area contributed by atoms with Crippen molar-refractivity contribution in [2.24, 2.45) is 0 Å². The molecule has 1 aliphatic heterocycles. The van der Waals surface area contributed by atoms with Crippen LogP contribution in [0.1, 0.15) is 33.1 Å². The second kappa shape index (κ2) is 4.82. The van der Waals surface area contributed by atoms with E-state index in [1.165, 1.54) is 0 Å². The smallest absolute Gasteiger partial charge is 0.243 e. The maximum Gasteiger partial charge on any atom is 0.245 e. The van der Waals surface area contributed by atoms with Crippen LogP contribution in [0.15, 0.2) is 27.7 Å². The highest BCUT2D eigenvalue weighted by molar-refractivity contribution is 7.89. The molecule has 0 saturated carbocycles. The van der Waals surface area contributed by atoms with Gasteiger partial charge in [0.25, 0.3) is 0 Å². The van der Waals surface area contributed by atoms with Crippen LogP contribution in [-0.4, -0.2) is 35.1 Å². The summed E-state index contributed by atoms with van der Waals surface area (Å²) in [6, 6.07) is 4.92. The maximum absolute atomic E-state index is 12.9. The molecule has 108 valence electrons. The molecule has 20 heavy (non-hydrogen) atoms. The van der Waals surface area contributed by atoms with Crippen LogP contribution in [0, 0.1) is 0 Å². The Hall–Kier alpha value is -1.47. The van der Waals surface area contributed by atoms with Crippen LogP contribution in [0.5, 0.6) is 0 Å². The van der Waals surface area contributed by atoms with Gasteiger partial charge in [0.05, 0.1) is 0 Å². The molecule has 1 saturated heterocycles. The van der Waals surface area contributed by atoms with E-state index in [9.17, 15) is 8.42 Å². The van der Waals surface area contributed by atoms with E-state index in [1.807, 2.05) is 13.8 Å². The Balaban J connectivity index is 2.14. The Bertz CT molecular complexity index is 715. The van der Waals surface area contributed by atoms with Gasteiger partial charge < -0.3 is 0 Å². The van der Waals surface area contributed by atoms with E-state index in [4.69, 9.17) is 0 Å². The lowest BCUT2D eigenvalue weighted by Gasteiger charge is -2.37. The van der Waals surface area contributed by atoms with Crippen LogP contribution < -0.4 is 0 Å². The SMILES string of the molecule is C[C@H]1CCC[C@H](C)N1S(=O)(=O)c1cccc2nonc12. The Morgan fingerprint density at radius 3 is 2.60 bits per heavy atom. The summed E-state index contributed by atoms with van der Waals surface area (Å²) in [6.45, 7) is 3.91. The van der Waals surface area contributed by atoms with E-state index in [1.54, 1.807) is 22.5 Å². The number of sulfonamides is 1. The number of fused-ring (bicyclic) bond motifs is 1. The fourth-order valence-corrected chi connectivity index (χ4v) is 5.00. The van der Waals surface area contributed by atoms with Gasteiger partial charge in [0.15, 0.2) is 5.52 Å². The number of benzene rings is 1. The molecular formula is C13H17N3O3S. The van der Waals surface area contributed by atoms with Gasteiger partial charge in [0.2, 0.25) is 10.0 Å². The average Bonchev–Trinajstić information content (AvgIpc) is 2.85. The molecule has 1 aromatic heterocycles. The molecule has 0 radical (unpaired) electrons. The third kappa shape index (κ3) is 2.01. The van der Waals surface area contributed by atoms with Crippen molar-refractivity contribution in [3.63, 3.8) is 0 Å². The van der Waals surface area contributed by atoms with Crippen LogP contribution >= 0.6 is 0 Å². The average molecular weight is 295 g/mol. The summed E-state index contributed by atoms with van der Waals surface area (Å²) in [5, 5.41) is 7.44. The number of nitrogens with zero attached hydrogens (tertiary/aromatic N) is 3. The van der Waals surface area contributed by atoms with Crippen LogP contribution in [0.2, 0.25) is 0 Å². The number of hydrogen-bond acceptors (Lipinski definition) is 5. The second-order valence-electron chi connectivity index (χ2n) is 5.35. The summed E-state index contributed by atoms with van der Waals surface area (Å²) in [6.07, 6.45) is 2.83. The summed E-state index contributed by atoms with van der Waals surface area (Å²) in [5.41, 5.74) is 0.765. The highest BCUT2D eigenvalue weighted by atomic mass is 32.2. The lowest BCUT2D eigenvalue weighted by atomic mass is 10.0. The minimum atomic E-state index is -3.59. The summed E-state index contributed by atoms with van der Waals surface area (Å²) in [4.78, 5) is 0.178. The first-order chi connectivity index (χ1) is 9.51. The quantitative estimate of drug-likeness (QED) is 0.848. The summed E-state index contributed by atoms with van der Waals surface area (Å²) in [5.74, 6) is 0. The van der Waals surface area contributed by atoms with Gasteiger partial charge in [0, 0.05) is 12.1 Å². The largest absolute Gasteiger partial charge is 0.245 e. The molecule has 0 unspecified atom stereocenters. The van der Waals surface area contributed by atoms with Gasteiger partial charge in [-0.25, -0.2) is 13.0 Å². The molecule has 0 aliphatic carbocycles. The van der Waals surface area contributed by atoms with E-state index >= 15 is 0 Å². The van der Waals surface area contributed by atoms with E-state index in [2.05, 4.69) is 14.9 Å². The van der Waals surface area contributed by atoms with E-state index in [0.717, 1.165) is 19.3 Å². The third-order valence-corrected chi connectivity index (χ3v) is 6.08. The van der Waals surface area contributed by atoms with Crippen molar-refractivity contribution in [1.29, 1.82) is 0 Å². The van der Waals surface area contributed by atoms with E-state index in [-0.39, 0.29) is 17.0 Å². The summed E-state index contributed by atoms with van der Waals surface area (Å²) < 4.78 is 32.1. The zero-order chi connectivity index (χ0) is 14.3. The van der Waals surface area contributed by atoms with Crippen LogP contribution in [0.3, 0.4) is 0 Å². The molecule has 2 aromatic rings. The standard InChI is InChI=1S/C13H17N3O3S/c1-9-5-3-6-10(2)16(9)20(17,18)12-8-4-7-11-13(12)15-19-14-11/h4,7-10H,3,5-6H2,1-2H3/t9-,10-/m0/s1. The van der Waals surface area contributed by atoms with Gasteiger partial charge in [-0.05, 0) is 49.1 Å². The maximum atomic E-state index is 12.9. The van der Waals surface area contributed by atoms with Crippen molar-refractivity contribution in [3.05, 3.63) is 18.2 Å². The Morgan fingerprint density at radius 2 is 1.90 bits per heavy atom. The minimum absolute atomic E-state index is 0.00105. The lowest BCUT2D eigenvalue weighted by molar-refractivity contribution is 0.204. The number of aromatic nitrogens is 2. The third-order valence-electron chi connectivity index (χ3n) is 3.92. The molecule has 2 atom stereocenters. The normalized spacial score (nSPS) is 25.1. The van der Waals surface area contributed by atoms with Crippen LogP contribution in [0.4, 0.5) is 0 Å². The molecule has 0 N–H and O–H groups in total. The molecule has 3 rings (SSSR count). The topological polar surface area (TPSA) is 76.3 Å². The monoisotopic (exact) mass is 295 g/mol. The Morgan fingerprint density at radius 1 is 1.20 bits per heavy atom. The van der Waals surface area contributed by atoms with Crippen molar-refractivity contribution in [2.75, 3.05) is 0 Å². The molecule has 2 heterocycles.